The van der Waals surface area contributed by atoms with Gasteiger partial charge < -0.3 is 15.2 Å². The Morgan fingerprint density at radius 1 is 1.43 bits per heavy atom. The number of nitrogens with one attached hydrogen (secondary N) is 1. The molecule has 110 valence electrons. The number of anilines is 1. The summed E-state index contributed by atoms with van der Waals surface area (Å²) in [6.07, 6.45) is 2.94. The van der Waals surface area contributed by atoms with Crippen molar-refractivity contribution >= 4 is 17.6 Å². The number of rotatable bonds is 4. The van der Waals surface area contributed by atoms with Gasteiger partial charge in [-0.2, -0.15) is 5.10 Å². The molecule has 0 bridgehead atoms. The zero-order valence-corrected chi connectivity index (χ0v) is 11.7. The number of hydrogen-bond acceptors (Lipinski definition) is 5. The van der Waals surface area contributed by atoms with Crippen molar-refractivity contribution in [3.05, 3.63) is 41.7 Å². The molecule has 0 aliphatic carbocycles. The minimum Gasteiger partial charge on any atom is -0.508 e. The summed E-state index contributed by atoms with van der Waals surface area (Å²) >= 11 is 0. The van der Waals surface area contributed by atoms with E-state index in [-0.39, 0.29) is 18.2 Å². The Bertz CT molecular complexity index is 679. The molecular weight excluding hydrogens is 274 g/mol. The molecule has 21 heavy (non-hydrogen) atoms. The second-order valence-electron chi connectivity index (χ2n) is 4.46. The highest BCUT2D eigenvalue weighted by molar-refractivity contribution is 6.04. The number of hydrogen-bond donors (Lipinski definition) is 2. The first-order chi connectivity index (χ1) is 9.99. The molecule has 2 aromatic rings. The number of amides is 1. The molecule has 0 unspecified atom stereocenters. The summed E-state index contributed by atoms with van der Waals surface area (Å²) in [4.78, 5) is 23.1. The zero-order valence-electron chi connectivity index (χ0n) is 11.7. The summed E-state index contributed by atoms with van der Waals surface area (Å²) in [7, 11) is 1.29. The maximum absolute atomic E-state index is 12.0. The topological polar surface area (TPSA) is 93.5 Å². The first-order valence-electron chi connectivity index (χ1n) is 6.20. The van der Waals surface area contributed by atoms with Crippen LogP contribution < -0.4 is 5.32 Å². The highest BCUT2D eigenvalue weighted by Crippen LogP contribution is 2.18. The lowest BCUT2D eigenvalue weighted by molar-refractivity contribution is -0.141. The molecule has 2 N–H and O–H groups in total. The van der Waals surface area contributed by atoms with Crippen LogP contribution in [0.25, 0.3) is 0 Å². The predicted octanol–water partition coefficient (Wildman–Crippen LogP) is 1.32. The molecule has 7 heteroatoms. The summed E-state index contributed by atoms with van der Waals surface area (Å²) in [5.41, 5.74) is 1.47. The SMILES string of the molecule is COC(=O)Cn1cc(NC(=O)c2ccc(C)c(O)c2)cn1. The fraction of sp³-hybridized carbons (Fsp3) is 0.214. The van der Waals surface area contributed by atoms with Crippen LogP contribution in [0.5, 0.6) is 5.75 Å². The molecule has 0 atom stereocenters. The average Bonchev–Trinajstić information content (AvgIpc) is 2.88. The van der Waals surface area contributed by atoms with Crippen molar-refractivity contribution < 1.29 is 19.4 Å². The van der Waals surface area contributed by atoms with Crippen LogP contribution >= 0.6 is 0 Å². The first-order valence-corrected chi connectivity index (χ1v) is 6.20. The largest absolute Gasteiger partial charge is 0.508 e. The molecule has 1 aromatic carbocycles. The number of aromatic nitrogens is 2. The highest BCUT2D eigenvalue weighted by atomic mass is 16.5. The lowest BCUT2D eigenvalue weighted by atomic mass is 10.1. The van der Waals surface area contributed by atoms with Crippen LogP contribution in [0.1, 0.15) is 15.9 Å². The van der Waals surface area contributed by atoms with Crippen LogP contribution in [0.4, 0.5) is 5.69 Å². The Hall–Kier alpha value is -2.83. The number of carbonyl (C=O) groups is 2. The Morgan fingerprint density at radius 2 is 2.19 bits per heavy atom. The number of phenolic OH excluding ortho intramolecular Hbond substituents is 1. The summed E-state index contributed by atoms with van der Waals surface area (Å²) in [5, 5.41) is 16.2. The molecular formula is C14H15N3O4. The quantitative estimate of drug-likeness (QED) is 0.828. The van der Waals surface area contributed by atoms with E-state index >= 15 is 0 Å². The van der Waals surface area contributed by atoms with Gasteiger partial charge in [0, 0.05) is 11.8 Å². The Morgan fingerprint density at radius 3 is 2.86 bits per heavy atom. The van der Waals surface area contributed by atoms with Gasteiger partial charge in [-0.1, -0.05) is 6.07 Å². The minimum atomic E-state index is -0.431. The number of carbonyl (C=O) groups excluding carboxylic acids is 2. The maximum Gasteiger partial charge on any atom is 0.327 e. The smallest absolute Gasteiger partial charge is 0.327 e. The van der Waals surface area contributed by atoms with Crippen molar-refractivity contribution in [1.82, 2.24) is 9.78 Å². The van der Waals surface area contributed by atoms with Gasteiger partial charge in [-0.25, -0.2) is 0 Å². The molecule has 0 aliphatic heterocycles. The van der Waals surface area contributed by atoms with Crippen molar-refractivity contribution in [2.75, 3.05) is 12.4 Å². The van der Waals surface area contributed by atoms with Gasteiger partial charge in [0.1, 0.15) is 12.3 Å². The second kappa shape index (κ2) is 6.08. The number of nitrogens with zero attached hydrogens (tertiary/aromatic N) is 2. The summed E-state index contributed by atoms with van der Waals surface area (Å²) in [6.45, 7) is 1.71. The molecule has 0 saturated carbocycles. The van der Waals surface area contributed by atoms with Crippen molar-refractivity contribution in [1.29, 1.82) is 0 Å². The molecule has 0 spiro atoms. The standard InChI is InChI=1S/C14H15N3O4/c1-9-3-4-10(5-12(9)18)14(20)16-11-6-15-17(7-11)8-13(19)21-2/h3-7,18H,8H2,1-2H3,(H,16,20). The Labute approximate surface area is 121 Å². The van der Waals surface area contributed by atoms with E-state index in [9.17, 15) is 14.7 Å². The normalized spacial score (nSPS) is 10.2. The third-order valence-electron chi connectivity index (χ3n) is 2.88. The van der Waals surface area contributed by atoms with Gasteiger partial charge in [-0.05, 0) is 24.6 Å². The van der Waals surface area contributed by atoms with Gasteiger partial charge in [0.15, 0.2) is 0 Å². The van der Waals surface area contributed by atoms with Crippen molar-refractivity contribution in [3.63, 3.8) is 0 Å². The lowest BCUT2D eigenvalue weighted by Crippen LogP contribution is -2.12. The van der Waals surface area contributed by atoms with Crippen molar-refractivity contribution in [3.8, 4) is 5.75 Å². The highest BCUT2D eigenvalue weighted by Gasteiger charge is 2.10. The van der Waals surface area contributed by atoms with Crippen LogP contribution in [-0.2, 0) is 16.1 Å². The van der Waals surface area contributed by atoms with E-state index in [1.165, 1.54) is 30.3 Å². The van der Waals surface area contributed by atoms with Gasteiger partial charge >= 0.3 is 5.97 Å². The van der Waals surface area contributed by atoms with E-state index in [0.29, 0.717) is 16.8 Å². The number of aryl methyl sites for hydroxylation is 1. The summed E-state index contributed by atoms with van der Waals surface area (Å²) in [5.74, 6) is -0.744. The maximum atomic E-state index is 12.0. The number of aromatic hydroxyl groups is 1. The van der Waals surface area contributed by atoms with Crippen LogP contribution in [0, 0.1) is 6.92 Å². The Balaban J connectivity index is 2.05. The lowest BCUT2D eigenvalue weighted by Gasteiger charge is -2.04. The number of esters is 1. The molecule has 2 rings (SSSR count). The predicted molar refractivity (Wildman–Crippen MR) is 75.0 cm³/mol. The Kier molecular flexibility index (Phi) is 4.22. The molecule has 1 heterocycles. The van der Waals surface area contributed by atoms with Crippen molar-refractivity contribution in [2.24, 2.45) is 0 Å². The van der Waals surface area contributed by atoms with Gasteiger partial charge in [-0.15, -0.1) is 0 Å². The van der Waals surface area contributed by atoms with Gasteiger partial charge in [0.05, 0.1) is 19.0 Å². The van der Waals surface area contributed by atoms with Crippen LogP contribution in [0.2, 0.25) is 0 Å². The number of phenols is 1. The number of ether oxygens (including phenoxy) is 1. The second-order valence-corrected chi connectivity index (χ2v) is 4.46. The van der Waals surface area contributed by atoms with Crippen LogP contribution in [0.15, 0.2) is 30.6 Å². The zero-order chi connectivity index (χ0) is 15.4. The average molecular weight is 289 g/mol. The molecule has 0 saturated heterocycles. The third kappa shape index (κ3) is 3.59. The third-order valence-corrected chi connectivity index (χ3v) is 2.88. The van der Waals surface area contributed by atoms with E-state index in [4.69, 9.17) is 0 Å². The molecule has 1 aromatic heterocycles. The van der Waals surface area contributed by atoms with E-state index < -0.39 is 5.97 Å². The molecule has 0 aliphatic rings. The van der Waals surface area contributed by atoms with Gasteiger partial charge in [-0.3, -0.25) is 14.3 Å². The molecule has 0 radical (unpaired) electrons. The van der Waals surface area contributed by atoms with E-state index in [2.05, 4.69) is 15.2 Å². The summed E-state index contributed by atoms with van der Waals surface area (Å²) < 4.78 is 5.88. The van der Waals surface area contributed by atoms with Crippen LogP contribution in [-0.4, -0.2) is 33.9 Å². The van der Waals surface area contributed by atoms with Gasteiger partial charge in [0.25, 0.3) is 5.91 Å². The minimum absolute atomic E-state index is 0.0301. The fourth-order valence-corrected chi connectivity index (χ4v) is 1.67. The fourth-order valence-electron chi connectivity index (χ4n) is 1.67. The van der Waals surface area contributed by atoms with E-state index in [1.807, 2.05) is 0 Å². The van der Waals surface area contributed by atoms with Crippen LogP contribution in [0.3, 0.4) is 0 Å². The number of benzene rings is 1. The van der Waals surface area contributed by atoms with Crippen molar-refractivity contribution in [2.45, 2.75) is 13.5 Å². The molecule has 1 amide bonds. The first kappa shape index (κ1) is 14.6. The summed E-state index contributed by atoms with van der Waals surface area (Å²) in [6, 6.07) is 4.66. The number of methoxy groups -OCH3 is 1. The van der Waals surface area contributed by atoms with E-state index in [1.54, 1.807) is 19.1 Å². The monoisotopic (exact) mass is 289 g/mol. The van der Waals surface area contributed by atoms with Gasteiger partial charge in [0.2, 0.25) is 0 Å². The molecule has 7 nitrogen and oxygen atoms in total. The van der Waals surface area contributed by atoms with E-state index in [0.717, 1.165) is 0 Å². The molecule has 0 fully saturated rings.